The first kappa shape index (κ1) is 24.3. The number of amides is 2. The second-order valence-electron chi connectivity index (χ2n) is 7.88. The van der Waals surface area contributed by atoms with Crippen LogP contribution in [0.1, 0.15) is 49.2 Å². The zero-order valence-corrected chi connectivity index (χ0v) is 18.1. The van der Waals surface area contributed by atoms with Crippen LogP contribution in [0.2, 0.25) is 0 Å². The largest absolute Gasteiger partial charge is 0.460 e. The van der Waals surface area contributed by atoms with Crippen molar-refractivity contribution in [2.45, 2.75) is 38.8 Å². The maximum absolute atomic E-state index is 12.5. The number of nitrogens with two attached hydrogens (primary N) is 1. The molecule has 0 aliphatic rings. The minimum atomic E-state index is -0.724. The summed E-state index contributed by atoms with van der Waals surface area (Å²) in [7, 11) is 0. The summed E-state index contributed by atoms with van der Waals surface area (Å²) >= 11 is 0. The van der Waals surface area contributed by atoms with Crippen molar-refractivity contribution in [1.29, 1.82) is 5.41 Å². The summed E-state index contributed by atoms with van der Waals surface area (Å²) in [6.45, 7) is 4.93. The zero-order chi connectivity index (χ0) is 23.7. The summed E-state index contributed by atoms with van der Waals surface area (Å²) in [5.74, 6) is -1.75. The number of rotatable bonds is 8. The van der Waals surface area contributed by atoms with Crippen LogP contribution in [-0.4, -0.2) is 45.9 Å². The summed E-state index contributed by atoms with van der Waals surface area (Å²) in [5.41, 5.74) is 5.90. The number of guanidine groups is 1. The Morgan fingerprint density at radius 1 is 1.19 bits per heavy atom. The molecule has 0 saturated carbocycles. The highest BCUT2D eigenvalue weighted by atomic mass is 16.6. The Kier molecular flexibility index (Phi) is 8.22. The van der Waals surface area contributed by atoms with Crippen LogP contribution in [0.5, 0.6) is 0 Å². The maximum Gasteiger partial charge on any atom is 0.308 e. The average Bonchev–Trinajstić information content (AvgIpc) is 2.70. The number of anilines is 1. The molecule has 1 aromatic heterocycles. The molecule has 0 bridgehead atoms. The molecule has 1 unspecified atom stereocenters. The molecule has 0 aliphatic carbocycles. The van der Waals surface area contributed by atoms with Gasteiger partial charge in [-0.15, -0.1) is 0 Å². The fourth-order valence-corrected chi connectivity index (χ4v) is 2.69. The molecule has 1 heterocycles. The number of esters is 1. The van der Waals surface area contributed by atoms with E-state index < -0.39 is 29.4 Å². The average molecular weight is 441 g/mol. The fraction of sp³-hybridized carbons (Fsp3) is 0.333. The Bertz CT molecular complexity index is 974. The van der Waals surface area contributed by atoms with Gasteiger partial charge in [-0.05, 0) is 39.0 Å². The first-order valence-electron chi connectivity index (χ1n) is 9.79. The maximum atomic E-state index is 12.5. The van der Waals surface area contributed by atoms with E-state index in [0.29, 0.717) is 11.3 Å². The molecule has 32 heavy (non-hydrogen) atoms. The third-order valence-electron chi connectivity index (χ3n) is 3.92. The number of nitrogens with one attached hydrogen (secondary N) is 4. The summed E-state index contributed by atoms with van der Waals surface area (Å²) in [5, 5.41) is 15.1. The number of aromatic nitrogens is 2. The first-order valence-corrected chi connectivity index (χ1v) is 9.79. The van der Waals surface area contributed by atoms with Gasteiger partial charge < -0.3 is 26.4 Å². The standard InChI is InChI=1S/C21H27N7O4/c1-21(2,3)32-18(30)8-16(14-9-24-12-25-10-14)28-17(29)11-26-19(31)13-5-4-6-15(7-13)27-20(22)23/h4-7,9-10,12,16H,8,11H2,1-3H3,(H,26,31)(H,28,29)(H4,22,23,27). The van der Waals surface area contributed by atoms with Crippen molar-refractivity contribution in [2.75, 3.05) is 11.9 Å². The van der Waals surface area contributed by atoms with Crippen molar-refractivity contribution in [3.8, 4) is 0 Å². The lowest BCUT2D eigenvalue weighted by Gasteiger charge is -2.23. The third kappa shape index (κ3) is 8.38. The number of hydrogen-bond acceptors (Lipinski definition) is 7. The van der Waals surface area contributed by atoms with Crippen molar-refractivity contribution in [2.24, 2.45) is 5.73 Å². The molecular formula is C21H27N7O4. The number of carbonyl (C=O) groups is 3. The molecule has 11 nitrogen and oxygen atoms in total. The van der Waals surface area contributed by atoms with Crippen LogP contribution in [0.25, 0.3) is 0 Å². The Balaban J connectivity index is 2.00. The van der Waals surface area contributed by atoms with Gasteiger partial charge in [-0.25, -0.2) is 9.97 Å². The highest BCUT2D eigenvalue weighted by Gasteiger charge is 2.23. The Hall–Kier alpha value is -4.02. The monoisotopic (exact) mass is 441 g/mol. The summed E-state index contributed by atoms with van der Waals surface area (Å²) in [4.78, 5) is 45.0. The predicted molar refractivity (Wildman–Crippen MR) is 118 cm³/mol. The van der Waals surface area contributed by atoms with E-state index in [1.807, 2.05) is 0 Å². The van der Waals surface area contributed by atoms with Gasteiger partial charge in [0, 0.05) is 29.2 Å². The first-order chi connectivity index (χ1) is 15.0. The van der Waals surface area contributed by atoms with Gasteiger partial charge in [0.15, 0.2) is 5.96 Å². The van der Waals surface area contributed by atoms with Gasteiger partial charge in [0.2, 0.25) is 5.91 Å². The topological polar surface area (TPSA) is 172 Å². The Labute approximate surface area is 185 Å². The van der Waals surface area contributed by atoms with E-state index in [1.165, 1.54) is 24.8 Å². The molecule has 11 heteroatoms. The van der Waals surface area contributed by atoms with E-state index in [2.05, 4.69) is 25.9 Å². The van der Waals surface area contributed by atoms with Crippen molar-refractivity contribution in [3.05, 3.63) is 54.1 Å². The van der Waals surface area contributed by atoms with Gasteiger partial charge in [0.05, 0.1) is 19.0 Å². The summed E-state index contributed by atoms with van der Waals surface area (Å²) in [6, 6.07) is 5.60. The number of carbonyl (C=O) groups excluding carboxylic acids is 3. The highest BCUT2D eigenvalue weighted by Crippen LogP contribution is 2.18. The molecule has 0 saturated heterocycles. The lowest BCUT2D eigenvalue weighted by molar-refractivity contribution is -0.155. The lowest BCUT2D eigenvalue weighted by Crippen LogP contribution is -2.39. The number of benzene rings is 1. The molecule has 2 rings (SSSR count). The van der Waals surface area contributed by atoms with Crippen molar-refractivity contribution in [3.63, 3.8) is 0 Å². The van der Waals surface area contributed by atoms with Crippen molar-refractivity contribution < 1.29 is 19.1 Å². The second kappa shape index (κ2) is 10.8. The van der Waals surface area contributed by atoms with E-state index in [0.717, 1.165) is 0 Å². The van der Waals surface area contributed by atoms with Crippen LogP contribution in [-0.2, 0) is 14.3 Å². The molecule has 0 spiro atoms. The number of ether oxygens (including phenoxy) is 1. The van der Waals surface area contributed by atoms with E-state index in [1.54, 1.807) is 39.0 Å². The van der Waals surface area contributed by atoms with Crippen molar-refractivity contribution in [1.82, 2.24) is 20.6 Å². The van der Waals surface area contributed by atoms with E-state index in [9.17, 15) is 14.4 Å². The Morgan fingerprint density at radius 3 is 2.50 bits per heavy atom. The fourth-order valence-electron chi connectivity index (χ4n) is 2.69. The Morgan fingerprint density at radius 2 is 1.88 bits per heavy atom. The minimum absolute atomic E-state index is 0.122. The van der Waals surface area contributed by atoms with E-state index in [4.69, 9.17) is 15.9 Å². The van der Waals surface area contributed by atoms with E-state index in [-0.39, 0.29) is 24.5 Å². The molecule has 2 aromatic rings. The molecule has 0 aliphatic heterocycles. The molecule has 170 valence electrons. The van der Waals surface area contributed by atoms with Gasteiger partial charge in [-0.3, -0.25) is 19.8 Å². The van der Waals surface area contributed by atoms with Gasteiger partial charge in [0.1, 0.15) is 11.9 Å². The molecule has 1 atom stereocenters. The minimum Gasteiger partial charge on any atom is -0.460 e. The number of nitrogens with zero attached hydrogens (tertiary/aromatic N) is 2. The molecule has 0 fully saturated rings. The van der Waals surface area contributed by atoms with Crippen molar-refractivity contribution >= 4 is 29.4 Å². The van der Waals surface area contributed by atoms with E-state index >= 15 is 0 Å². The van der Waals surface area contributed by atoms with Crippen LogP contribution >= 0.6 is 0 Å². The highest BCUT2D eigenvalue weighted by molar-refractivity contribution is 5.98. The van der Waals surface area contributed by atoms with Gasteiger partial charge in [-0.2, -0.15) is 0 Å². The zero-order valence-electron chi connectivity index (χ0n) is 18.1. The lowest BCUT2D eigenvalue weighted by atomic mass is 10.1. The molecule has 2 amide bonds. The van der Waals surface area contributed by atoms with Crippen LogP contribution in [0.4, 0.5) is 5.69 Å². The molecule has 6 N–H and O–H groups in total. The molecule has 1 aromatic carbocycles. The second-order valence-corrected chi connectivity index (χ2v) is 7.88. The van der Waals surface area contributed by atoms with Crippen LogP contribution < -0.4 is 21.7 Å². The summed E-state index contributed by atoms with van der Waals surface area (Å²) < 4.78 is 5.34. The normalized spacial score (nSPS) is 11.7. The smallest absolute Gasteiger partial charge is 0.308 e. The van der Waals surface area contributed by atoms with Crippen LogP contribution in [0.15, 0.2) is 43.0 Å². The third-order valence-corrected chi connectivity index (χ3v) is 3.92. The predicted octanol–water partition coefficient (Wildman–Crippen LogP) is 1.10. The SMILES string of the molecule is CC(C)(C)OC(=O)CC(NC(=O)CNC(=O)c1cccc(NC(=N)N)c1)c1cncnc1. The van der Waals surface area contributed by atoms with Gasteiger partial charge in [-0.1, -0.05) is 6.07 Å². The van der Waals surface area contributed by atoms with Gasteiger partial charge in [0.25, 0.3) is 5.91 Å². The molecule has 0 radical (unpaired) electrons. The van der Waals surface area contributed by atoms with Crippen LogP contribution in [0, 0.1) is 5.41 Å². The quantitative estimate of drug-likeness (QED) is 0.230. The summed E-state index contributed by atoms with van der Waals surface area (Å²) in [6.07, 6.45) is 4.21. The van der Waals surface area contributed by atoms with Crippen LogP contribution in [0.3, 0.4) is 0 Å². The molecular weight excluding hydrogens is 414 g/mol. The number of hydrogen-bond donors (Lipinski definition) is 5. The van der Waals surface area contributed by atoms with Gasteiger partial charge >= 0.3 is 5.97 Å².